The van der Waals surface area contributed by atoms with Crippen LogP contribution in [0, 0.1) is 5.92 Å². The molecular formula is C30H24O7S2. The maximum atomic E-state index is 14.0. The molecule has 9 heteroatoms. The van der Waals surface area contributed by atoms with E-state index in [4.69, 9.17) is 13.7 Å². The normalized spacial score (nSPS) is 35.7. The van der Waals surface area contributed by atoms with Crippen LogP contribution in [0.1, 0.15) is 53.4 Å². The molecule has 6 aliphatic rings. The standard InChI is InChI=1S/C30H24O7S2/c31-26(24-14-23-19-10-4-6-12-21(19)25(24)22-13-7-5-11-20(22)23)36-30-16-18-15-29(27(30)38-18,39(33,34)37-30)28(32)35-17-8-2-1-3-9-17/h1-13,18,23-25,27H,14-16H2. The number of hydrogen-bond donors (Lipinski definition) is 0. The fraction of sp³-hybridized carbons (Fsp3) is 0.333. The highest BCUT2D eigenvalue weighted by Crippen LogP contribution is 2.67. The Kier molecular flexibility index (Phi) is 4.84. The number of carbonyl (C=O) groups excluding carboxylic acids is 2. The summed E-state index contributed by atoms with van der Waals surface area (Å²) in [4.78, 5) is 27.4. The quantitative estimate of drug-likeness (QED) is 0.261. The number of thioether (sulfide) groups is 1. The zero-order valence-electron chi connectivity index (χ0n) is 20.7. The number of benzene rings is 3. The molecule has 3 aliphatic carbocycles. The summed E-state index contributed by atoms with van der Waals surface area (Å²) in [6.07, 6.45) is 0.870. The van der Waals surface area contributed by atoms with Gasteiger partial charge in [0.25, 0.3) is 10.1 Å². The van der Waals surface area contributed by atoms with Gasteiger partial charge in [-0.3, -0.25) is 4.79 Å². The molecule has 3 aliphatic heterocycles. The van der Waals surface area contributed by atoms with Crippen LogP contribution in [-0.4, -0.2) is 41.4 Å². The molecule has 5 atom stereocenters. The zero-order chi connectivity index (χ0) is 26.6. The summed E-state index contributed by atoms with van der Waals surface area (Å²) < 4.78 is 42.5. The molecule has 0 saturated carbocycles. The van der Waals surface area contributed by atoms with E-state index in [2.05, 4.69) is 24.3 Å². The van der Waals surface area contributed by atoms with E-state index < -0.39 is 43.8 Å². The highest BCUT2D eigenvalue weighted by atomic mass is 32.2. The Labute approximate surface area is 230 Å². The molecular weight excluding hydrogens is 536 g/mol. The second-order valence-electron chi connectivity index (χ2n) is 11.0. The van der Waals surface area contributed by atoms with Gasteiger partial charge in [-0.2, -0.15) is 8.42 Å². The third-order valence-corrected chi connectivity index (χ3v) is 12.9. The van der Waals surface area contributed by atoms with Crippen LogP contribution in [0.25, 0.3) is 0 Å². The van der Waals surface area contributed by atoms with E-state index in [1.807, 2.05) is 24.3 Å². The Morgan fingerprint density at radius 2 is 1.46 bits per heavy atom. The van der Waals surface area contributed by atoms with Gasteiger partial charge in [0, 0.05) is 23.5 Å². The molecule has 7 nitrogen and oxygen atoms in total. The van der Waals surface area contributed by atoms with Crippen LogP contribution in [0.4, 0.5) is 0 Å². The molecule has 0 spiro atoms. The first kappa shape index (κ1) is 23.7. The predicted octanol–water partition coefficient (Wildman–Crippen LogP) is 4.51. The molecule has 0 N–H and O–H groups in total. The lowest BCUT2D eigenvalue weighted by atomic mass is 9.59. The third-order valence-electron chi connectivity index (χ3n) is 9.07. The molecule has 3 aromatic carbocycles. The van der Waals surface area contributed by atoms with Crippen molar-refractivity contribution in [3.05, 3.63) is 101 Å². The van der Waals surface area contributed by atoms with E-state index in [1.54, 1.807) is 30.3 Å². The number of rotatable bonds is 4. The molecule has 39 heavy (non-hydrogen) atoms. The second-order valence-corrected chi connectivity index (χ2v) is 14.3. The minimum Gasteiger partial charge on any atom is -0.430 e. The smallest absolute Gasteiger partial charge is 0.336 e. The van der Waals surface area contributed by atoms with Gasteiger partial charge in [-0.05, 0) is 47.2 Å². The van der Waals surface area contributed by atoms with Crippen molar-refractivity contribution in [1.29, 1.82) is 0 Å². The second kappa shape index (κ2) is 7.96. The Bertz CT molecular complexity index is 1610. The number of ether oxygens (including phenoxy) is 2. The van der Waals surface area contributed by atoms with Crippen LogP contribution in [-0.2, 0) is 28.6 Å². The lowest BCUT2D eigenvalue weighted by Gasteiger charge is -2.45. The summed E-state index contributed by atoms with van der Waals surface area (Å²) in [5.74, 6) is -3.45. The molecule has 198 valence electrons. The van der Waals surface area contributed by atoms with Crippen molar-refractivity contribution in [2.24, 2.45) is 5.92 Å². The van der Waals surface area contributed by atoms with Gasteiger partial charge in [0.2, 0.25) is 10.5 Å². The maximum absolute atomic E-state index is 14.0. The summed E-state index contributed by atoms with van der Waals surface area (Å²) in [7, 11) is -4.43. The van der Waals surface area contributed by atoms with Crippen molar-refractivity contribution in [2.45, 2.75) is 52.1 Å². The van der Waals surface area contributed by atoms with Crippen molar-refractivity contribution in [2.75, 3.05) is 0 Å². The molecule has 3 heterocycles. The third kappa shape index (κ3) is 3.06. The Hall–Kier alpha value is -3.14. The van der Waals surface area contributed by atoms with Gasteiger partial charge in [-0.25, -0.2) is 8.98 Å². The van der Waals surface area contributed by atoms with Gasteiger partial charge in [-0.15, -0.1) is 11.8 Å². The van der Waals surface area contributed by atoms with E-state index >= 15 is 0 Å². The highest BCUT2D eigenvalue weighted by Gasteiger charge is 2.82. The number of para-hydroxylation sites is 1. The van der Waals surface area contributed by atoms with Crippen molar-refractivity contribution in [1.82, 2.24) is 0 Å². The molecule has 0 aromatic heterocycles. The van der Waals surface area contributed by atoms with Crippen LogP contribution in [0.15, 0.2) is 78.9 Å². The lowest BCUT2D eigenvalue weighted by molar-refractivity contribution is -0.200. The predicted molar refractivity (Wildman–Crippen MR) is 143 cm³/mol. The van der Waals surface area contributed by atoms with Gasteiger partial charge < -0.3 is 9.47 Å². The van der Waals surface area contributed by atoms with Gasteiger partial charge >= 0.3 is 11.9 Å². The van der Waals surface area contributed by atoms with Crippen LogP contribution < -0.4 is 4.74 Å². The maximum Gasteiger partial charge on any atom is 0.336 e. The molecule has 0 radical (unpaired) electrons. The van der Waals surface area contributed by atoms with E-state index in [-0.39, 0.29) is 35.7 Å². The van der Waals surface area contributed by atoms with E-state index in [9.17, 15) is 18.0 Å². The first-order valence-corrected chi connectivity index (χ1v) is 15.5. The molecule has 3 saturated heterocycles. The highest BCUT2D eigenvalue weighted by molar-refractivity contribution is 8.03. The minimum atomic E-state index is -4.43. The van der Waals surface area contributed by atoms with Crippen LogP contribution in [0.2, 0.25) is 0 Å². The van der Waals surface area contributed by atoms with Crippen molar-refractivity contribution in [3.63, 3.8) is 0 Å². The Morgan fingerprint density at radius 3 is 2.10 bits per heavy atom. The fourth-order valence-electron chi connectivity index (χ4n) is 7.57. The molecule has 9 rings (SSSR count). The zero-order valence-corrected chi connectivity index (χ0v) is 22.3. The van der Waals surface area contributed by atoms with Gasteiger partial charge in [-0.1, -0.05) is 66.7 Å². The van der Waals surface area contributed by atoms with E-state index in [0.717, 1.165) is 11.1 Å². The van der Waals surface area contributed by atoms with Crippen LogP contribution in [0.3, 0.4) is 0 Å². The van der Waals surface area contributed by atoms with Gasteiger partial charge in [0.05, 0.1) is 5.92 Å². The topological polar surface area (TPSA) is 96.0 Å². The molecule has 5 unspecified atom stereocenters. The SMILES string of the molecule is O=C(OC12CC3CC(C(=O)Oc4ccccc4)(C1S3)S(=O)(=O)O2)C1CC2c3ccccc3C1c1ccccc12. The summed E-state index contributed by atoms with van der Waals surface area (Å²) in [5.41, 5.74) is 4.66. The molecule has 4 bridgehead atoms. The number of esters is 2. The number of fused-ring (bicyclic) bond motifs is 2. The van der Waals surface area contributed by atoms with Gasteiger partial charge in [0.1, 0.15) is 11.0 Å². The van der Waals surface area contributed by atoms with Gasteiger partial charge in [0.15, 0.2) is 0 Å². The minimum absolute atomic E-state index is 0.0556. The van der Waals surface area contributed by atoms with Crippen LogP contribution in [0.5, 0.6) is 5.75 Å². The average Bonchev–Trinajstić information content (AvgIpc) is 3.52. The largest absolute Gasteiger partial charge is 0.430 e. The summed E-state index contributed by atoms with van der Waals surface area (Å²) in [5, 5.41) is -1.09. The first-order valence-electron chi connectivity index (χ1n) is 13.1. The Morgan fingerprint density at radius 1 is 0.846 bits per heavy atom. The fourth-order valence-corrected chi connectivity index (χ4v) is 12.0. The van der Waals surface area contributed by atoms with Crippen LogP contribution >= 0.6 is 11.8 Å². The van der Waals surface area contributed by atoms with E-state index in [1.165, 1.54) is 22.9 Å². The summed E-state index contributed by atoms with van der Waals surface area (Å²) in [6.45, 7) is 0. The van der Waals surface area contributed by atoms with Crippen molar-refractivity contribution < 1.29 is 31.7 Å². The molecule has 0 amide bonds. The van der Waals surface area contributed by atoms with Crippen molar-refractivity contribution in [3.8, 4) is 5.75 Å². The number of carbonyl (C=O) groups is 2. The first-order chi connectivity index (χ1) is 18.8. The molecule has 3 fully saturated rings. The molecule has 3 aromatic rings. The number of hydrogen-bond acceptors (Lipinski definition) is 8. The summed E-state index contributed by atoms with van der Waals surface area (Å²) >= 11 is 1.35. The Balaban J connectivity index is 1.13. The monoisotopic (exact) mass is 560 g/mol. The lowest BCUT2D eigenvalue weighted by Crippen LogP contribution is -2.56. The van der Waals surface area contributed by atoms with Crippen molar-refractivity contribution >= 4 is 33.8 Å². The summed E-state index contributed by atoms with van der Waals surface area (Å²) in [6, 6.07) is 24.7. The van der Waals surface area contributed by atoms with E-state index in [0.29, 0.717) is 6.42 Å². The average molecular weight is 561 g/mol.